The predicted octanol–water partition coefficient (Wildman–Crippen LogP) is 3.81. The summed E-state index contributed by atoms with van der Waals surface area (Å²) in [5.41, 5.74) is 3.29. The summed E-state index contributed by atoms with van der Waals surface area (Å²) >= 11 is 0. The van der Waals surface area contributed by atoms with Crippen molar-refractivity contribution < 1.29 is 17.9 Å². The minimum absolute atomic E-state index is 0.00869. The summed E-state index contributed by atoms with van der Waals surface area (Å²) in [6.45, 7) is 4.86. The first-order valence-corrected chi connectivity index (χ1v) is 15.6. The number of imidazole rings is 1. The molecular formula is C32H36N4O4S. The Labute approximate surface area is 242 Å². The van der Waals surface area contributed by atoms with Gasteiger partial charge in [0.05, 0.1) is 50.4 Å². The topological polar surface area (TPSA) is 84.7 Å². The van der Waals surface area contributed by atoms with Gasteiger partial charge < -0.3 is 14.2 Å². The molecule has 0 spiro atoms. The Hall–Kier alpha value is -3.79. The molecule has 9 heteroatoms. The van der Waals surface area contributed by atoms with Gasteiger partial charge in [-0.25, -0.2) is 13.4 Å². The van der Waals surface area contributed by atoms with Crippen LogP contribution in [0, 0.1) is 0 Å². The Morgan fingerprint density at radius 3 is 2.05 bits per heavy atom. The first kappa shape index (κ1) is 28.7. The molecule has 4 aromatic rings. The van der Waals surface area contributed by atoms with E-state index in [-0.39, 0.29) is 29.8 Å². The van der Waals surface area contributed by atoms with Crippen molar-refractivity contribution in [2.45, 2.75) is 30.4 Å². The SMILES string of the molecule is O=C(Cc1ccccc1)N(CCN1CCOCC1)Cc1cnc(S(=O)(=O)Cc2ccccc2)n1Cc1ccccc1. The molecule has 3 aromatic carbocycles. The van der Waals surface area contributed by atoms with Crippen molar-refractivity contribution in [2.24, 2.45) is 0 Å². The molecule has 0 unspecified atom stereocenters. The van der Waals surface area contributed by atoms with Crippen LogP contribution in [-0.2, 0) is 44.6 Å². The Morgan fingerprint density at radius 1 is 0.829 bits per heavy atom. The van der Waals surface area contributed by atoms with Crippen LogP contribution in [0.2, 0.25) is 0 Å². The maximum atomic E-state index is 13.6. The molecule has 214 valence electrons. The Kier molecular flexibility index (Phi) is 9.61. The Bertz CT molecular complexity index is 1500. The fourth-order valence-electron chi connectivity index (χ4n) is 5.02. The first-order valence-electron chi connectivity index (χ1n) is 13.9. The number of carbonyl (C=O) groups is 1. The van der Waals surface area contributed by atoms with Gasteiger partial charge in [0, 0.05) is 26.2 Å². The third-order valence-electron chi connectivity index (χ3n) is 7.26. The molecule has 5 rings (SSSR count). The van der Waals surface area contributed by atoms with Crippen LogP contribution in [0.25, 0.3) is 0 Å². The molecule has 0 N–H and O–H groups in total. The normalized spacial score (nSPS) is 14.1. The van der Waals surface area contributed by atoms with Crippen molar-refractivity contribution >= 4 is 15.7 Å². The molecule has 1 aliphatic rings. The maximum Gasteiger partial charge on any atom is 0.228 e. The molecule has 0 bridgehead atoms. The summed E-state index contributed by atoms with van der Waals surface area (Å²) in [4.78, 5) is 22.2. The van der Waals surface area contributed by atoms with Crippen molar-refractivity contribution in [3.05, 3.63) is 120 Å². The van der Waals surface area contributed by atoms with Crippen LogP contribution in [0.5, 0.6) is 0 Å². The summed E-state index contributed by atoms with van der Waals surface area (Å²) in [6, 6.07) is 28.6. The van der Waals surface area contributed by atoms with Gasteiger partial charge in [-0.1, -0.05) is 91.0 Å². The van der Waals surface area contributed by atoms with E-state index in [1.165, 1.54) is 0 Å². The molecule has 2 heterocycles. The molecule has 0 radical (unpaired) electrons. The lowest BCUT2D eigenvalue weighted by molar-refractivity contribution is -0.131. The predicted molar refractivity (Wildman–Crippen MR) is 158 cm³/mol. The summed E-state index contributed by atoms with van der Waals surface area (Å²) in [7, 11) is -3.75. The number of morpholine rings is 1. The van der Waals surface area contributed by atoms with Crippen LogP contribution in [-0.4, -0.2) is 73.1 Å². The van der Waals surface area contributed by atoms with E-state index in [4.69, 9.17) is 4.74 Å². The minimum Gasteiger partial charge on any atom is -0.379 e. The lowest BCUT2D eigenvalue weighted by atomic mass is 10.1. The van der Waals surface area contributed by atoms with Gasteiger partial charge in [0.15, 0.2) is 0 Å². The zero-order valence-electron chi connectivity index (χ0n) is 23.1. The van der Waals surface area contributed by atoms with E-state index in [0.29, 0.717) is 37.6 Å². The lowest BCUT2D eigenvalue weighted by Gasteiger charge is -2.30. The summed E-state index contributed by atoms with van der Waals surface area (Å²) in [5.74, 6) is -0.155. The molecule has 0 aliphatic carbocycles. The maximum absolute atomic E-state index is 13.6. The monoisotopic (exact) mass is 572 g/mol. The number of aromatic nitrogens is 2. The third-order valence-corrected chi connectivity index (χ3v) is 8.85. The van der Waals surface area contributed by atoms with Crippen molar-refractivity contribution in [2.75, 3.05) is 39.4 Å². The number of benzene rings is 3. The second-order valence-corrected chi connectivity index (χ2v) is 12.2. The molecule has 1 aliphatic heterocycles. The van der Waals surface area contributed by atoms with Gasteiger partial charge in [0.25, 0.3) is 0 Å². The average Bonchev–Trinajstić information content (AvgIpc) is 3.40. The van der Waals surface area contributed by atoms with E-state index < -0.39 is 9.84 Å². The van der Waals surface area contributed by atoms with E-state index >= 15 is 0 Å². The third kappa shape index (κ3) is 7.91. The van der Waals surface area contributed by atoms with Gasteiger partial charge in [-0.3, -0.25) is 9.69 Å². The van der Waals surface area contributed by atoms with Gasteiger partial charge >= 0.3 is 0 Å². The van der Waals surface area contributed by atoms with Crippen molar-refractivity contribution in [1.29, 1.82) is 0 Å². The highest BCUT2D eigenvalue weighted by molar-refractivity contribution is 7.90. The van der Waals surface area contributed by atoms with E-state index in [9.17, 15) is 13.2 Å². The van der Waals surface area contributed by atoms with Crippen LogP contribution in [0.4, 0.5) is 0 Å². The molecule has 0 saturated carbocycles. The first-order chi connectivity index (χ1) is 20.0. The van der Waals surface area contributed by atoms with E-state index in [1.54, 1.807) is 22.9 Å². The number of ether oxygens (including phenoxy) is 1. The lowest BCUT2D eigenvalue weighted by Crippen LogP contribution is -2.43. The standard InChI is InChI=1S/C32H36N4O4S/c37-31(22-27-10-4-1-5-11-27)35(17-16-34-18-20-40-21-19-34)25-30-23-33-32(36(30)24-28-12-6-2-7-13-28)41(38,39)26-29-14-8-3-9-15-29/h1-15,23H,16-22,24-26H2. The van der Waals surface area contributed by atoms with Gasteiger partial charge in [0.1, 0.15) is 0 Å². The van der Waals surface area contributed by atoms with Gasteiger partial charge in [0.2, 0.25) is 20.9 Å². The summed E-state index contributed by atoms with van der Waals surface area (Å²) < 4.78 is 34.5. The number of sulfone groups is 1. The van der Waals surface area contributed by atoms with E-state index in [0.717, 1.165) is 30.8 Å². The fourth-order valence-corrected chi connectivity index (χ4v) is 6.51. The number of amides is 1. The zero-order valence-corrected chi connectivity index (χ0v) is 24.0. The van der Waals surface area contributed by atoms with Gasteiger partial charge in [-0.15, -0.1) is 0 Å². The van der Waals surface area contributed by atoms with Gasteiger partial charge in [-0.2, -0.15) is 0 Å². The largest absolute Gasteiger partial charge is 0.379 e. The minimum atomic E-state index is -3.75. The fraction of sp³-hybridized carbons (Fsp3) is 0.312. The highest BCUT2D eigenvalue weighted by atomic mass is 32.2. The van der Waals surface area contributed by atoms with Gasteiger partial charge in [-0.05, 0) is 16.7 Å². The van der Waals surface area contributed by atoms with Crippen molar-refractivity contribution in [3.63, 3.8) is 0 Å². The number of hydrogen-bond donors (Lipinski definition) is 0. The van der Waals surface area contributed by atoms with E-state index in [2.05, 4.69) is 9.88 Å². The number of rotatable bonds is 12. The van der Waals surface area contributed by atoms with Crippen molar-refractivity contribution in [1.82, 2.24) is 19.4 Å². The average molecular weight is 573 g/mol. The molecule has 41 heavy (non-hydrogen) atoms. The molecule has 1 amide bonds. The molecule has 8 nitrogen and oxygen atoms in total. The molecular weight excluding hydrogens is 536 g/mol. The molecule has 1 saturated heterocycles. The van der Waals surface area contributed by atoms with Crippen molar-refractivity contribution in [3.8, 4) is 0 Å². The van der Waals surface area contributed by atoms with Crippen LogP contribution >= 0.6 is 0 Å². The second kappa shape index (κ2) is 13.7. The molecule has 1 aromatic heterocycles. The Morgan fingerprint density at radius 2 is 1.41 bits per heavy atom. The quantitative estimate of drug-likeness (QED) is 0.257. The Balaban J connectivity index is 1.44. The highest BCUT2D eigenvalue weighted by Crippen LogP contribution is 2.21. The van der Waals surface area contributed by atoms with Crippen LogP contribution in [0.1, 0.15) is 22.4 Å². The number of carbonyl (C=O) groups excluding carboxylic acids is 1. The molecule has 1 fully saturated rings. The number of nitrogens with zero attached hydrogens (tertiary/aromatic N) is 4. The zero-order chi connectivity index (χ0) is 28.5. The summed E-state index contributed by atoms with van der Waals surface area (Å²) in [5, 5.41) is 0.0174. The number of hydrogen-bond acceptors (Lipinski definition) is 6. The molecule has 0 atom stereocenters. The van der Waals surface area contributed by atoms with Crippen LogP contribution in [0.3, 0.4) is 0 Å². The van der Waals surface area contributed by atoms with E-state index in [1.807, 2.05) is 83.8 Å². The summed E-state index contributed by atoms with van der Waals surface area (Å²) in [6.07, 6.45) is 1.88. The second-order valence-electron chi connectivity index (χ2n) is 10.3. The van der Waals surface area contributed by atoms with Crippen LogP contribution in [0.15, 0.2) is 102 Å². The highest BCUT2D eigenvalue weighted by Gasteiger charge is 2.26. The van der Waals surface area contributed by atoms with Crippen LogP contribution < -0.4 is 0 Å². The smallest absolute Gasteiger partial charge is 0.228 e.